The summed E-state index contributed by atoms with van der Waals surface area (Å²) in [5.74, 6) is 0.910. The average molecular weight is 347 g/mol. The third-order valence-corrected chi connectivity index (χ3v) is 6.51. The molecule has 0 aromatic heterocycles. The molecule has 0 spiro atoms. The van der Waals surface area contributed by atoms with Crippen molar-refractivity contribution in [3.8, 4) is 5.75 Å². The molecule has 1 aliphatic rings. The minimum atomic E-state index is 0.203. The van der Waals surface area contributed by atoms with Crippen LogP contribution in [0.3, 0.4) is 0 Å². The quantitative estimate of drug-likeness (QED) is 0.790. The van der Waals surface area contributed by atoms with E-state index in [1.165, 1.54) is 22.9 Å². The van der Waals surface area contributed by atoms with Gasteiger partial charge in [0.15, 0.2) is 0 Å². The van der Waals surface area contributed by atoms with E-state index in [9.17, 15) is 0 Å². The Labute approximate surface area is 132 Å². The van der Waals surface area contributed by atoms with Crippen molar-refractivity contribution in [1.82, 2.24) is 0 Å². The Morgan fingerprint density at radius 1 is 1.10 bits per heavy atom. The van der Waals surface area contributed by atoms with E-state index in [0.717, 1.165) is 12.4 Å². The fourth-order valence-electron chi connectivity index (χ4n) is 2.68. The van der Waals surface area contributed by atoms with Gasteiger partial charge in [0.25, 0.3) is 0 Å². The molecule has 21 heavy (non-hydrogen) atoms. The molecule has 1 saturated heterocycles. The van der Waals surface area contributed by atoms with Crippen molar-refractivity contribution in [1.29, 1.82) is 0 Å². The van der Waals surface area contributed by atoms with Crippen LogP contribution >= 0.6 is 0 Å². The SMILES string of the molecule is COc1cccc([C@@H]2OCCC[C@H]2[Se]c2ccccc2)c1. The second kappa shape index (κ2) is 7.13. The van der Waals surface area contributed by atoms with Gasteiger partial charge in [0, 0.05) is 0 Å². The Balaban J connectivity index is 1.80. The third kappa shape index (κ3) is 3.68. The van der Waals surface area contributed by atoms with E-state index in [1.807, 2.05) is 6.07 Å². The maximum atomic E-state index is 6.11. The van der Waals surface area contributed by atoms with Gasteiger partial charge in [-0.25, -0.2) is 0 Å². The molecule has 0 N–H and O–H groups in total. The first-order valence-electron chi connectivity index (χ1n) is 7.34. The van der Waals surface area contributed by atoms with Crippen molar-refractivity contribution in [2.45, 2.75) is 23.8 Å². The van der Waals surface area contributed by atoms with Crippen LogP contribution in [0.4, 0.5) is 0 Å². The summed E-state index contributed by atoms with van der Waals surface area (Å²) in [6.07, 6.45) is 2.62. The monoisotopic (exact) mass is 348 g/mol. The van der Waals surface area contributed by atoms with Gasteiger partial charge in [-0.15, -0.1) is 0 Å². The van der Waals surface area contributed by atoms with Crippen LogP contribution in [-0.4, -0.2) is 28.7 Å². The van der Waals surface area contributed by atoms with Gasteiger partial charge in [-0.05, 0) is 0 Å². The van der Waals surface area contributed by atoms with E-state index in [2.05, 4.69) is 48.5 Å². The molecule has 0 unspecified atom stereocenters. The number of hydrogen-bond donors (Lipinski definition) is 0. The summed E-state index contributed by atoms with van der Waals surface area (Å²) in [4.78, 5) is 0.598. The first kappa shape index (κ1) is 14.6. The van der Waals surface area contributed by atoms with Gasteiger partial charge < -0.3 is 0 Å². The molecule has 3 rings (SSSR count). The van der Waals surface area contributed by atoms with Crippen molar-refractivity contribution in [2.24, 2.45) is 0 Å². The first-order valence-corrected chi connectivity index (χ1v) is 9.18. The molecule has 0 bridgehead atoms. The molecule has 110 valence electrons. The number of hydrogen-bond acceptors (Lipinski definition) is 2. The third-order valence-electron chi connectivity index (χ3n) is 3.72. The van der Waals surface area contributed by atoms with E-state index in [4.69, 9.17) is 9.47 Å². The molecular weight excluding hydrogens is 327 g/mol. The fourth-order valence-corrected chi connectivity index (χ4v) is 5.42. The summed E-state index contributed by atoms with van der Waals surface area (Å²) < 4.78 is 12.9. The summed E-state index contributed by atoms with van der Waals surface area (Å²) in [7, 11) is 1.71. The van der Waals surface area contributed by atoms with Crippen LogP contribution < -0.4 is 9.20 Å². The summed E-state index contributed by atoms with van der Waals surface area (Å²) in [5.41, 5.74) is 1.25. The molecule has 0 radical (unpaired) electrons. The van der Waals surface area contributed by atoms with Crippen LogP contribution in [0, 0.1) is 0 Å². The maximum absolute atomic E-state index is 6.11. The predicted molar refractivity (Wildman–Crippen MR) is 86.5 cm³/mol. The molecule has 2 aromatic rings. The van der Waals surface area contributed by atoms with Crippen LogP contribution in [0.15, 0.2) is 54.6 Å². The Bertz CT molecular complexity index is 570. The zero-order valence-electron chi connectivity index (χ0n) is 12.2. The summed E-state index contributed by atoms with van der Waals surface area (Å²) in [6.45, 7) is 0.864. The summed E-state index contributed by atoms with van der Waals surface area (Å²) in [5, 5.41) is 0. The standard InChI is InChI=1S/C18H20O2Se/c1-19-15-8-5-7-14(13-15)18-17(11-6-12-20-18)21-16-9-3-2-4-10-16/h2-5,7-10,13,17-18H,6,11-12H2,1H3/t17-,18+/m1/s1. The van der Waals surface area contributed by atoms with Gasteiger partial charge in [0.1, 0.15) is 0 Å². The van der Waals surface area contributed by atoms with Crippen molar-refractivity contribution in [2.75, 3.05) is 13.7 Å². The minimum absolute atomic E-state index is 0.203. The Morgan fingerprint density at radius 2 is 1.95 bits per heavy atom. The molecule has 1 fully saturated rings. The number of ether oxygens (including phenoxy) is 2. The zero-order chi connectivity index (χ0) is 14.5. The molecule has 3 heteroatoms. The normalized spacial score (nSPS) is 22.0. The molecule has 2 aromatic carbocycles. The van der Waals surface area contributed by atoms with Gasteiger partial charge >= 0.3 is 132 Å². The Hall–Kier alpha value is -1.28. The van der Waals surface area contributed by atoms with Crippen molar-refractivity contribution >= 4 is 19.4 Å². The van der Waals surface area contributed by atoms with Gasteiger partial charge in [0.2, 0.25) is 0 Å². The summed E-state index contributed by atoms with van der Waals surface area (Å²) >= 11 is 0.440. The van der Waals surface area contributed by atoms with Gasteiger partial charge in [-0.1, -0.05) is 0 Å². The second-order valence-electron chi connectivity index (χ2n) is 5.18. The molecule has 0 aliphatic carbocycles. The number of rotatable bonds is 4. The predicted octanol–water partition coefficient (Wildman–Crippen LogP) is 3.36. The molecule has 1 aliphatic heterocycles. The van der Waals surface area contributed by atoms with Crippen molar-refractivity contribution in [3.05, 3.63) is 60.2 Å². The molecule has 2 nitrogen and oxygen atoms in total. The fraction of sp³-hybridized carbons (Fsp3) is 0.333. The van der Waals surface area contributed by atoms with Crippen LogP contribution in [0.5, 0.6) is 5.75 Å². The molecule has 1 heterocycles. The number of methoxy groups -OCH3 is 1. The van der Waals surface area contributed by atoms with Gasteiger partial charge in [0.05, 0.1) is 0 Å². The molecule has 0 saturated carbocycles. The van der Waals surface area contributed by atoms with E-state index in [0.29, 0.717) is 19.8 Å². The van der Waals surface area contributed by atoms with Crippen LogP contribution in [0.1, 0.15) is 24.5 Å². The number of benzene rings is 2. The molecule has 2 atom stereocenters. The average Bonchev–Trinajstić information content (AvgIpc) is 2.56. The van der Waals surface area contributed by atoms with Crippen LogP contribution in [0.2, 0.25) is 4.82 Å². The Kier molecular flexibility index (Phi) is 4.97. The van der Waals surface area contributed by atoms with E-state index >= 15 is 0 Å². The van der Waals surface area contributed by atoms with Crippen molar-refractivity contribution < 1.29 is 9.47 Å². The molecule has 0 amide bonds. The van der Waals surface area contributed by atoms with Crippen LogP contribution in [0.25, 0.3) is 0 Å². The Morgan fingerprint density at radius 3 is 2.76 bits per heavy atom. The summed E-state index contributed by atoms with van der Waals surface area (Å²) in [6, 6.07) is 19.1. The van der Waals surface area contributed by atoms with E-state index in [1.54, 1.807) is 7.11 Å². The zero-order valence-corrected chi connectivity index (χ0v) is 13.9. The topological polar surface area (TPSA) is 18.5 Å². The van der Waals surface area contributed by atoms with Crippen LogP contribution in [-0.2, 0) is 4.74 Å². The van der Waals surface area contributed by atoms with Crippen molar-refractivity contribution in [3.63, 3.8) is 0 Å². The van der Waals surface area contributed by atoms with E-state index < -0.39 is 0 Å². The first-order chi connectivity index (χ1) is 10.4. The van der Waals surface area contributed by atoms with Gasteiger partial charge in [-0.3, -0.25) is 0 Å². The second-order valence-corrected chi connectivity index (χ2v) is 7.93. The van der Waals surface area contributed by atoms with Gasteiger partial charge in [-0.2, -0.15) is 0 Å². The molecular formula is C18H20O2Se. The van der Waals surface area contributed by atoms with E-state index in [-0.39, 0.29) is 6.10 Å².